The average molecular weight is 354 g/mol. The summed E-state index contributed by atoms with van der Waals surface area (Å²) < 4.78 is 9.47. The van der Waals surface area contributed by atoms with Gasteiger partial charge in [-0.15, -0.1) is 0 Å². The first-order valence-electron chi connectivity index (χ1n) is 8.71. The predicted molar refractivity (Wildman–Crippen MR) is 98.2 cm³/mol. The molecule has 1 atom stereocenters. The molecule has 3 aromatic heterocycles. The highest BCUT2D eigenvalue weighted by Crippen LogP contribution is 2.13. The summed E-state index contributed by atoms with van der Waals surface area (Å²) in [6, 6.07) is 6.16. The van der Waals surface area contributed by atoms with Gasteiger partial charge < -0.3 is 19.0 Å². The number of ether oxygens (including phenoxy) is 1. The van der Waals surface area contributed by atoms with Gasteiger partial charge in [0.15, 0.2) is 5.82 Å². The van der Waals surface area contributed by atoms with E-state index < -0.39 is 0 Å². The van der Waals surface area contributed by atoms with Gasteiger partial charge in [0, 0.05) is 63.7 Å². The van der Waals surface area contributed by atoms with Gasteiger partial charge in [-0.1, -0.05) is 6.07 Å². The molecule has 8 heteroatoms. The van der Waals surface area contributed by atoms with Gasteiger partial charge in [-0.25, -0.2) is 9.97 Å². The minimum absolute atomic E-state index is 0.0115. The van der Waals surface area contributed by atoms with Crippen LogP contribution in [0.3, 0.4) is 0 Å². The van der Waals surface area contributed by atoms with Crippen LogP contribution in [-0.2, 0) is 18.3 Å². The van der Waals surface area contributed by atoms with Crippen molar-refractivity contribution in [3.05, 3.63) is 59.0 Å². The number of imidazole rings is 1. The fourth-order valence-electron chi connectivity index (χ4n) is 3.24. The van der Waals surface area contributed by atoms with Crippen molar-refractivity contribution in [2.75, 3.05) is 31.6 Å². The first-order chi connectivity index (χ1) is 12.7. The molecule has 0 aliphatic carbocycles. The Balaban J connectivity index is 1.39. The average Bonchev–Trinajstić information content (AvgIpc) is 3.13. The van der Waals surface area contributed by atoms with Crippen molar-refractivity contribution in [1.29, 1.82) is 0 Å². The van der Waals surface area contributed by atoms with Crippen molar-refractivity contribution in [2.24, 2.45) is 7.05 Å². The van der Waals surface area contributed by atoms with Crippen LogP contribution in [0.25, 0.3) is 5.65 Å². The number of fused-ring (bicyclic) bond motifs is 1. The van der Waals surface area contributed by atoms with Crippen LogP contribution < -0.4 is 10.9 Å². The van der Waals surface area contributed by atoms with Crippen LogP contribution >= 0.6 is 0 Å². The summed E-state index contributed by atoms with van der Waals surface area (Å²) in [5, 5.41) is 3.12. The minimum Gasteiger partial charge on any atom is -0.374 e. The Hall–Kier alpha value is -2.71. The Morgan fingerprint density at radius 3 is 3.08 bits per heavy atom. The maximum absolute atomic E-state index is 12.0. The van der Waals surface area contributed by atoms with E-state index in [2.05, 4.69) is 30.7 Å². The topological polar surface area (TPSA) is 76.7 Å². The van der Waals surface area contributed by atoms with Gasteiger partial charge in [0.1, 0.15) is 5.65 Å². The Labute approximate surface area is 151 Å². The largest absolute Gasteiger partial charge is 0.374 e. The van der Waals surface area contributed by atoms with E-state index in [1.54, 1.807) is 19.4 Å². The van der Waals surface area contributed by atoms with Crippen molar-refractivity contribution < 1.29 is 4.74 Å². The molecule has 8 nitrogen and oxygen atoms in total. The smallest absolute Gasteiger partial charge is 0.293 e. The molecule has 0 unspecified atom stereocenters. The summed E-state index contributed by atoms with van der Waals surface area (Å²) in [6.07, 6.45) is 7.07. The molecule has 1 aliphatic rings. The lowest BCUT2D eigenvalue weighted by atomic mass is 10.2. The van der Waals surface area contributed by atoms with Crippen molar-refractivity contribution in [3.8, 4) is 0 Å². The number of hydrogen-bond donors (Lipinski definition) is 1. The number of nitrogens with zero attached hydrogens (tertiary/aromatic N) is 5. The zero-order valence-corrected chi connectivity index (χ0v) is 14.7. The number of nitrogens with one attached hydrogen (secondary N) is 1. The second kappa shape index (κ2) is 7.27. The standard InChI is InChI=1S/C18H22N6O2/c1-22-7-5-20-17(18(22)25)21-11-15-13-23(9-10-26-15)12-14-3-2-4-16-19-6-8-24(14)16/h2-8,15H,9-13H2,1H3,(H,20,21)/t15-/m0/s1. The van der Waals surface area contributed by atoms with Crippen LogP contribution in [0.4, 0.5) is 5.82 Å². The number of anilines is 1. The number of rotatable bonds is 5. The Morgan fingerprint density at radius 1 is 1.27 bits per heavy atom. The highest BCUT2D eigenvalue weighted by molar-refractivity contribution is 5.39. The van der Waals surface area contributed by atoms with E-state index in [-0.39, 0.29) is 11.7 Å². The van der Waals surface area contributed by atoms with E-state index in [0.29, 0.717) is 19.0 Å². The van der Waals surface area contributed by atoms with Crippen LogP contribution in [0.1, 0.15) is 5.69 Å². The Bertz CT molecular complexity index is 950. The molecule has 0 saturated carbocycles. The number of hydrogen-bond acceptors (Lipinski definition) is 6. The summed E-state index contributed by atoms with van der Waals surface area (Å²) in [7, 11) is 1.71. The van der Waals surface area contributed by atoms with Gasteiger partial charge in [0.2, 0.25) is 0 Å². The number of aromatic nitrogens is 4. The lowest BCUT2D eigenvalue weighted by Crippen LogP contribution is -2.45. The van der Waals surface area contributed by atoms with Gasteiger partial charge in [-0.05, 0) is 12.1 Å². The molecule has 1 aliphatic heterocycles. The quantitative estimate of drug-likeness (QED) is 0.728. The summed E-state index contributed by atoms with van der Waals surface area (Å²) >= 11 is 0. The molecule has 0 spiro atoms. The van der Waals surface area contributed by atoms with Crippen LogP contribution in [-0.4, -0.2) is 56.2 Å². The Kier molecular flexibility index (Phi) is 4.68. The molecule has 4 heterocycles. The van der Waals surface area contributed by atoms with E-state index >= 15 is 0 Å². The van der Waals surface area contributed by atoms with Crippen LogP contribution in [0.5, 0.6) is 0 Å². The fourth-order valence-corrected chi connectivity index (χ4v) is 3.24. The first-order valence-corrected chi connectivity index (χ1v) is 8.71. The molecule has 0 aromatic carbocycles. The normalized spacial score (nSPS) is 18.3. The summed E-state index contributed by atoms with van der Waals surface area (Å²) in [5.41, 5.74) is 2.03. The monoisotopic (exact) mass is 354 g/mol. The van der Waals surface area contributed by atoms with E-state index in [9.17, 15) is 4.79 Å². The van der Waals surface area contributed by atoms with Crippen LogP contribution in [0.15, 0.2) is 47.8 Å². The lowest BCUT2D eigenvalue weighted by molar-refractivity contribution is -0.0245. The van der Waals surface area contributed by atoms with E-state index in [1.165, 1.54) is 10.3 Å². The van der Waals surface area contributed by atoms with E-state index in [0.717, 1.165) is 25.3 Å². The highest BCUT2D eigenvalue weighted by atomic mass is 16.5. The van der Waals surface area contributed by atoms with Crippen LogP contribution in [0.2, 0.25) is 0 Å². The van der Waals surface area contributed by atoms with Gasteiger partial charge in [0.25, 0.3) is 5.56 Å². The molecular weight excluding hydrogens is 332 g/mol. The third-order valence-corrected chi connectivity index (χ3v) is 4.64. The molecule has 3 aromatic rings. The van der Waals surface area contributed by atoms with E-state index in [4.69, 9.17) is 4.74 Å². The van der Waals surface area contributed by atoms with Crippen molar-refractivity contribution in [3.63, 3.8) is 0 Å². The number of aryl methyl sites for hydroxylation is 1. The van der Waals surface area contributed by atoms with Gasteiger partial charge in [0.05, 0.1) is 12.7 Å². The molecule has 4 rings (SSSR count). The van der Waals surface area contributed by atoms with E-state index in [1.807, 2.05) is 24.5 Å². The minimum atomic E-state index is -0.132. The predicted octanol–water partition coefficient (Wildman–Crippen LogP) is 0.741. The van der Waals surface area contributed by atoms with Crippen molar-refractivity contribution in [1.82, 2.24) is 23.8 Å². The highest BCUT2D eigenvalue weighted by Gasteiger charge is 2.21. The zero-order chi connectivity index (χ0) is 17.9. The third kappa shape index (κ3) is 3.47. The first kappa shape index (κ1) is 16.7. The van der Waals surface area contributed by atoms with Gasteiger partial charge in [-0.3, -0.25) is 9.69 Å². The van der Waals surface area contributed by atoms with Crippen LogP contribution in [0, 0.1) is 0 Å². The molecule has 1 saturated heterocycles. The van der Waals surface area contributed by atoms with Gasteiger partial charge >= 0.3 is 0 Å². The number of morpholine rings is 1. The van der Waals surface area contributed by atoms with Crippen molar-refractivity contribution >= 4 is 11.5 Å². The molecule has 1 fully saturated rings. The molecule has 0 bridgehead atoms. The summed E-state index contributed by atoms with van der Waals surface area (Å²) in [4.78, 5) is 22.8. The Morgan fingerprint density at radius 2 is 2.15 bits per heavy atom. The fraction of sp³-hybridized carbons (Fsp3) is 0.389. The maximum atomic E-state index is 12.0. The molecule has 26 heavy (non-hydrogen) atoms. The second-order valence-corrected chi connectivity index (χ2v) is 6.47. The SMILES string of the molecule is Cn1ccnc(NC[C@H]2CN(Cc3cccc4nccn34)CCO2)c1=O. The summed E-state index contributed by atoms with van der Waals surface area (Å²) in [6.45, 7) is 3.74. The third-order valence-electron chi connectivity index (χ3n) is 4.64. The second-order valence-electron chi connectivity index (χ2n) is 6.47. The molecule has 1 N–H and O–H groups in total. The summed E-state index contributed by atoms with van der Waals surface area (Å²) in [5.74, 6) is 0.360. The zero-order valence-electron chi connectivity index (χ0n) is 14.7. The van der Waals surface area contributed by atoms with Crippen molar-refractivity contribution in [2.45, 2.75) is 12.6 Å². The molecule has 0 radical (unpaired) electrons. The molecule has 136 valence electrons. The molecule has 0 amide bonds. The molecular formula is C18H22N6O2. The lowest BCUT2D eigenvalue weighted by Gasteiger charge is -2.33. The number of pyridine rings is 1. The maximum Gasteiger partial charge on any atom is 0.293 e. The van der Waals surface area contributed by atoms with Gasteiger partial charge in [-0.2, -0.15) is 0 Å².